The molecule has 0 bridgehead atoms. The SMILES string of the molecule is CC1CCC2(Cc3nc(OCC45CCCN4CC(F)C5)nc(N4CC(F)(c5nccn5C)C4)c3CO2)c2c1ccc(N)c2C#N. The van der Waals surface area contributed by atoms with Gasteiger partial charge in [-0.05, 0) is 49.8 Å². The molecule has 1 spiro atoms. The van der Waals surface area contributed by atoms with E-state index in [2.05, 4.69) is 22.9 Å². The molecule has 12 heteroatoms. The Hall–Kier alpha value is -3.82. The van der Waals surface area contributed by atoms with Crippen LogP contribution in [-0.4, -0.2) is 68.9 Å². The molecule has 10 nitrogen and oxygen atoms in total. The van der Waals surface area contributed by atoms with Crippen LogP contribution in [0.1, 0.15) is 78.7 Å². The third-order valence-electron chi connectivity index (χ3n) is 11.0. The maximum Gasteiger partial charge on any atom is 0.318 e. The second-order valence-electron chi connectivity index (χ2n) is 13.8. The fourth-order valence-corrected chi connectivity index (χ4v) is 8.65. The van der Waals surface area contributed by atoms with Crippen LogP contribution in [0, 0.1) is 11.3 Å². The number of benzene rings is 1. The van der Waals surface area contributed by atoms with Gasteiger partial charge in [0.15, 0.2) is 0 Å². The van der Waals surface area contributed by atoms with Crippen LogP contribution >= 0.6 is 0 Å². The number of nitriles is 1. The lowest BCUT2D eigenvalue weighted by Crippen LogP contribution is -2.58. The number of aromatic nitrogens is 4. The van der Waals surface area contributed by atoms with Gasteiger partial charge >= 0.3 is 6.01 Å². The summed E-state index contributed by atoms with van der Waals surface area (Å²) in [6, 6.07) is 6.37. The summed E-state index contributed by atoms with van der Waals surface area (Å²) in [6.45, 7) is 4.13. The minimum atomic E-state index is -1.62. The lowest BCUT2D eigenvalue weighted by molar-refractivity contribution is -0.0875. The standard InChI is InChI=1S/C33H38F2N8O2/c1-20-6-8-33(27-22(20)4-5-25(37)23(27)14-36)13-26-24(16-45-33)28(42-17-32(35,18-42)29-38-9-11-41(29)2)40-30(39-26)44-19-31-7-3-10-43(31)15-21(34)12-31/h4-5,9,11,20-21H,3,6-8,10,12-13,15-19,37H2,1-2H3. The van der Waals surface area contributed by atoms with Gasteiger partial charge in [0.1, 0.15) is 36.1 Å². The molecule has 5 aliphatic rings. The smallest absolute Gasteiger partial charge is 0.318 e. The zero-order chi connectivity index (χ0) is 31.1. The molecule has 2 aromatic heterocycles. The Kier molecular flexibility index (Phi) is 6.42. The van der Waals surface area contributed by atoms with Crippen molar-refractivity contribution in [3.63, 3.8) is 0 Å². The van der Waals surface area contributed by atoms with E-state index in [9.17, 15) is 9.65 Å². The van der Waals surface area contributed by atoms with Gasteiger partial charge in [0.2, 0.25) is 5.67 Å². The summed E-state index contributed by atoms with van der Waals surface area (Å²) in [5.74, 6) is 1.22. The molecule has 0 amide bonds. The zero-order valence-electron chi connectivity index (χ0n) is 25.7. The van der Waals surface area contributed by atoms with Crippen molar-refractivity contribution >= 4 is 11.5 Å². The van der Waals surface area contributed by atoms with E-state index in [1.807, 2.05) is 11.0 Å². The van der Waals surface area contributed by atoms with Crippen LogP contribution in [0.3, 0.4) is 0 Å². The molecule has 3 aromatic rings. The number of halogens is 2. The molecule has 8 rings (SSSR count). The van der Waals surface area contributed by atoms with Crippen LogP contribution in [0.2, 0.25) is 0 Å². The maximum absolute atomic E-state index is 16.0. The van der Waals surface area contributed by atoms with Crippen LogP contribution in [0.5, 0.6) is 6.01 Å². The van der Waals surface area contributed by atoms with Crippen molar-refractivity contribution < 1.29 is 18.3 Å². The van der Waals surface area contributed by atoms with Gasteiger partial charge in [-0.15, -0.1) is 0 Å². The summed E-state index contributed by atoms with van der Waals surface area (Å²) < 4.78 is 45.3. The van der Waals surface area contributed by atoms with Gasteiger partial charge in [0, 0.05) is 55.6 Å². The van der Waals surface area contributed by atoms with Crippen LogP contribution in [0.25, 0.3) is 0 Å². The molecule has 6 heterocycles. The summed E-state index contributed by atoms with van der Waals surface area (Å²) in [7, 11) is 1.79. The molecule has 45 heavy (non-hydrogen) atoms. The summed E-state index contributed by atoms with van der Waals surface area (Å²) in [6.07, 6.45) is 6.80. The molecule has 0 radical (unpaired) electrons. The Balaban J connectivity index is 1.17. The Morgan fingerprint density at radius 1 is 1.24 bits per heavy atom. The molecule has 236 valence electrons. The van der Waals surface area contributed by atoms with Crippen LogP contribution in [0.4, 0.5) is 20.3 Å². The molecule has 1 aliphatic carbocycles. The topological polar surface area (TPSA) is 118 Å². The lowest BCUT2D eigenvalue weighted by atomic mass is 9.69. The van der Waals surface area contributed by atoms with Crippen molar-refractivity contribution in [2.75, 3.05) is 43.4 Å². The summed E-state index contributed by atoms with van der Waals surface area (Å²) in [5, 5.41) is 10.2. The number of fused-ring (bicyclic) bond motifs is 4. The van der Waals surface area contributed by atoms with Gasteiger partial charge < -0.3 is 24.7 Å². The number of imidazole rings is 1. The highest BCUT2D eigenvalue weighted by Crippen LogP contribution is 2.52. The van der Waals surface area contributed by atoms with E-state index in [4.69, 9.17) is 25.2 Å². The first-order valence-corrected chi connectivity index (χ1v) is 15.9. The van der Waals surface area contributed by atoms with Crippen molar-refractivity contribution in [3.05, 3.63) is 58.3 Å². The van der Waals surface area contributed by atoms with Crippen molar-refractivity contribution in [2.24, 2.45) is 7.05 Å². The largest absolute Gasteiger partial charge is 0.461 e. The summed E-state index contributed by atoms with van der Waals surface area (Å²) in [5.41, 5.74) is 7.93. The number of nitrogens with zero attached hydrogens (tertiary/aromatic N) is 7. The van der Waals surface area contributed by atoms with Gasteiger partial charge in [-0.3, -0.25) is 4.90 Å². The average Bonchev–Trinajstić information content (AvgIpc) is 3.69. The highest BCUT2D eigenvalue weighted by atomic mass is 19.1. The Morgan fingerprint density at radius 3 is 2.87 bits per heavy atom. The van der Waals surface area contributed by atoms with Crippen molar-refractivity contribution in [1.29, 1.82) is 5.26 Å². The first-order valence-electron chi connectivity index (χ1n) is 15.9. The fourth-order valence-electron chi connectivity index (χ4n) is 8.65. The second kappa shape index (κ2) is 10.1. The van der Waals surface area contributed by atoms with Gasteiger partial charge in [-0.1, -0.05) is 13.0 Å². The number of anilines is 2. The van der Waals surface area contributed by atoms with E-state index in [1.54, 1.807) is 30.1 Å². The minimum Gasteiger partial charge on any atom is -0.461 e. The normalized spacial score (nSPS) is 30.0. The Labute approximate surface area is 261 Å². The molecule has 4 atom stereocenters. The minimum absolute atomic E-state index is 0.0859. The molecule has 3 fully saturated rings. The van der Waals surface area contributed by atoms with Crippen molar-refractivity contribution in [2.45, 2.75) is 81.0 Å². The molecule has 4 unspecified atom stereocenters. The molecule has 3 saturated heterocycles. The van der Waals surface area contributed by atoms with E-state index in [0.717, 1.165) is 48.2 Å². The monoisotopic (exact) mass is 616 g/mol. The van der Waals surface area contributed by atoms with E-state index < -0.39 is 17.4 Å². The van der Waals surface area contributed by atoms with Crippen molar-refractivity contribution in [1.82, 2.24) is 24.4 Å². The molecular formula is C33H38F2N8O2. The van der Waals surface area contributed by atoms with Crippen LogP contribution in [0.15, 0.2) is 24.5 Å². The number of alkyl halides is 2. The number of hydrogen-bond acceptors (Lipinski definition) is 9. The molecule has 4 aliphatic heterocycles. The summed E-state index contributed by atoms with van der Waals surface area (Å²) >= 11 is 0. The predicted octanol–water partition coefficient (Wildman–Crippen LogP) is 4.17. The van der Waals surface area contributed by atoms with E-state index >= 15 is 4.39 Å². The van der Waals surface area contributed by atoms with Gasteiger partial charge in [0.05, 0.1) is 36.5 Å². The van der Waals surface area contributed by atoms with Gasteiger partial charge in [-0.2, -0.15) is 15.2 Å². The van der Waals surface area contributed by atoms with Crippen LogP contribution in [-0.2, 0) is 36.1 Å². The van der Waals surface area contributed by atoms with Crippen molar-refractivity contribution in [3.8, 4) is 12.1 Å². The van der Waals surface area contributed by atoms with Crippen LogP contribution < -0.4 is 15.4 Å². The molecule has 2 N–H and O–H groups in total. The zero-order valence-corrected chi connectivity index (χ0v) is 25.7. The number of hydrogen-bond donors (Lipinski definition) is 1. The predicted molar refractivity (Wildman–Crippen MR) is 162 cm³/mol. The number of aryl methyl sites for hydroxylation is 1. The highest BCUT2D eigenvalue weighted by Gasteiger charge is 2.52. The number of rotatable bonds is 5. The Morgan fingerprint density at radius 2 is 2.09 bits per heavy atom. The highest BCUT2D eigenvalue weighted by molar-refractivity contribution is 5.64. The fraction of sp³-hybridized carbons (Fsp3) is 0.576. The number of ether oxygens (including phenoxy) is 2. The van der Waals surface area contributed by atoms with Gasteiger partial charge in [0.25, 0.3) is 0 Å². The molecule has 0 saturated carbocycles. The van der Waals surface area contributed by atoms with Gasteiger partial charge in [-0.25, -0.2) is 13.8 Å². The number of nitrogens with two attached hydrogens (primary N) is 1. The first-order chi connectivity index (χ1) is 21.6. The Bertz CT molecular complexity index is 1720. The quantitative estimate of drug-likeness (QED) is 0.422. The third kappa shape index (κ3) is 4.34. The van der Waals surface area contributed by atoms with E-state index in [1.165, 1.54) is 0 Å². The molecular weight excluding hydrogens is 578 g/mol. The number of nitrogen functional groups attached to an aromatic ring is 1. The first kappa shape index (κ1) is 28.6. The molecule has 1 aromatic carbocycles. The lowest BCUT2D eigenvalue weighted by Gasteiger charge is -2.47. The van der Waals surface area contributed by atoms with E-state index in [0.29, 0.717) is 55.3 Å². The maximum atomic E-state index is 16.0. The summed E-state index contributed by atoms with van der Waals surface area (Å²) in [4.78, 5) is 18.2. The second-order valence-corrected chi connectivity index (χ2v) is 13.8. The third-order valence-corrected chi connectivity index (χ3v) is 11.0. The average molecular weight is 617 g/mol. The van der Waals surface area contributed by atoms with E-state index in [-0.39, 0.29) is 37.2 Å².